The van der Waals surface area contributed by atoms with Crippen LogP contribution in [0.15, 0.2) is 24.3 Å². The smallest absolute Gasteiger partial charge is 0.222 e. The zero-order valence-corrected chi connectivity index (χ0v) is 12.8. The van der Waals surface area contributed by atoms with Crippen LogP contribution < -0.4 is 4.74 Å². The summed E-state index contributed by atoms with van der Waals surface area (Å²) in [6.45, 7) is 4.25. The first-order valence-electron chi connectivity index (χ1n) is 7.38. The van der Waals surface area contributed by atoms with E-state index in [9.17, 15) is 5.11 Å². The van der Waals surface area contributed by atoms with E-state index in [0.29, 0.717) is 17.9 Å². The zero-order chi connectivity index (χ0) is 15.4. The summed E-state index contributed by atoms with van der Waals surface area (Å²) in [5.74, 6) is 1.29. The number of benzene rings is 1. The van der Waals surface area contributed by atoms with Gasteiger partial charge in [0.05, 0.1) is 0 Å². The molecule has 0 unspecified atom stereocenters. The van der Waals surface area contributed by atoms with Gasteiger partial charge >= 0.3 is 0 Å². The van der Waals surface area contributed by atoms with Crippen molar-refractivity contribution in [1.82, 2.24) is 4.98 Å². The third-order valence-electron chi connectivity index (χ3n) is 3.72. The number of fused-ring (bicyclic) bond motifs is 1. The first-order valence-corrected chi connectivity index (χ1v) is 7.38. The molecular weight excluding hydrogens is 266 g/mol. The standard InChI is InChI=1S/C16H19NO2.CH4O/c1-10(2)15-8-11-6-7-12(18)9-14(11)16(17-15)19-13-4-3-5-13;1-2/h6-10,13,18H,3-5H2,1-2H3;2H,1H3. The highest BCUT2D eigenvalue weighted by Crippen LogP contribution is 2.33. The van der Waals surface area contributed by atoms with Gasteiger partial charge in [0, 0.05) is 18.2 Å². The molecule has 0 radical (unpaired) electrons. The zero-order valence-electron chi connectivity index (χ0n) is 12.8. The summed E-state index contributed by atoms with van der Waals surface area (Å²) in [4.78, 5) is 4.63. The summed E-state index contributed by atoms with van der Waals surface area (Å²) in [6, 6.07) is 7.44. The lowest BCUT2D eigenvalue weighted by atomic mass is 9.96. The minimum Gasteiger partial charge on any atom is -0.508 e. The number of aliphatic hydroxyl groups is 1. The molecule has 2 N–H and O–H groups in total. The van der Waals surface area contributed by atoms with E-state index < -0.39 is 0 Å². The van der Waals surface area contributed by atoms with Crippen molar-refractivity contribution in [2.45, 2.75) is 45.1 Å². The molecule has 4 heteroatoms. The van der Waals surface area contributed by atoms with E-state index in [1.54, 1.807) is 12.1 Å². The van der Waals surface area contributed by atoms with Crippen LogP contribution in [0, 0.1) is 0 Å². The molecule has 1 heterocycles. The summed E-state index contributed by atoms with van der Waals surface area (Å²) in [5.41, 5.74) is 1.03. The van der Waals surface area contributed by atoms with Crippen LogP contribution in [0.3, 0.4) is 0 Å². The molecule has 0 atom stereocenters. The molecule has 1 aromatic heterocycles. The van der Waals surface area contributed by atoms with Gasteiger partial charge in [0.1, 0.15) is 11.9 Å². The number of phenols is 1. The number of aliphatic hydroxyl groups excluding tert-OH is 1. The van der Waals surface area contributed by atoms with E-state index in [0.717, 1.165) is 36.4 Å². The van der Waals surface area contributed by atoms with Gasteiger partial charge in [-0.3, -0.25) is 0 Å². The molecule has 21 heavy (non-hydrogen) atoms. The number of aromatic hydroxyl groups is 1. The van der Waals surface area contributed by atoms with E-state index in [2.05, 4.69) is 24.9 Å². The van der Waals surface area contributed by atoms with Crippen LogP contribution >= 0.6 is 0 Å². The van der Waals surface area contributed by atoms with E-state index >= 15 is 0 Å². The summed E-state index contributed by atoms with van der Waals surface area (Å²) >= 11 is 0. The van der Waals surface area contributed by atoms with Crippen LogP contribution in [0.2, 0.25) is 0 Å². The Morgan fingerprint density at radius 3 is 2.48 bits per heavy atom. The molecule has 2 aromatic rings. The highest BCUT2D eigenvalue weighted by atomic mass is 16.5. The lowest BCUT2D eigenvalue weighted by Gasteiger charge is -2.26. The number of hydrogen-bond donors (Lipinski definition) is 2. The topological polar surface area (TPSA) is 62.6 Å². The lowest BCUT2D eigenvalue weighted by Crippen LogP contribution is -2.25. The number of phenolic OH excluding ortho intramolecular Hbond substituents is 1. The molecule has 1 aliphatic rings. The van der Waals surface area contributed by atoms with Crippen molar-refractivity contribution in [2.75, 3.05) is 7.11 Å². The Morgan fingerprint density at radius 2 is 1.90 bits per heavy atom. The maximum Gasteiger partial charge on any atom is 0.222 e. The summed E-state index contributed by atoms with van der Waals surface area (Å²) < 4.78 is 5.99. The maximum atomic E-state index is 9.66. The third-order valence-corrected chi connectivity index (χ3v) is 3.72. The second-order valence-corrected chi connectivity index (χ2v) is 5.58. The van der Waals surface area contributed by atoms with Crippen molar-refractivity contribution >= 4 is 10.8 Å². The van der Waals surface area contributed by atoms with Crippen molar-refractivity contribution < 1.29 is 14.9 Å². The first kappa shape index (κ1) is 15.6. The van der Waals surface area contributed by atoms with Crippen LogP contribution in [0.4, 0.5) is 0 Å². The second-order valence-electron chi connectivity index (χ2n) is 5.58. The Kier molecular flexibility index (Phi) is 5.02. The lowest BCUT2D eigenvalue weighted by molar-refractivity contribution is 0.116. The molecule has 0 saturated heterocycles. The molecule has 0 bridgehead atoms. The average molecular weight is 289 g/mol. The Balaban J connectivity index is 0.000000774. The molecule has 4 nitrogen and oxygen atoms in total. The maximum absolute atomic E-state index is 9.66. The highest BCUT2D eigenvalue weighted by molar-refractivity contribution is 5.88. The van der Waals surface area contributed by atoms with Crippen molar-refractivity contribution in [3.05, 3.63) is 30.0 Å². The van der Waals surface area contributed by atoms with E-state index in [1.165, 1.54) is 6.42 Å². The van der Waals surface area contributed by atoms with Gasteiger partial charge < -0.3 is 14.9 Å². The number of ether oxygens (including phenoxy) is 1. The van der Waals surface area contributed by atoms with E-state index in [4.69, 9.17) is 9.84 Å². The van der Waals surface area contributed by atoms with Gasteiger partial charge in [-0.15, -0.1) is 0 Å². The second kappa shape index (κ2) is 6.76. The van der Waals surface area contributed by atoms with Crippen LogP contribution in [0.1, 0.15) is 44.7 Å². The predicted molar refractivity (Wildman–Crippen MR) is 83.9 cm³/mol. The van der Waals surface area contributed by atoms with Gasteiger partial charge in [0.25, 0.3) is 0 Å². The monoisotopic (exact) mass is 289 g/mol. The molecule has 0 aliphatic heterocycles. The fourth-order valence-corrected chi connectivity index (χ4v) is 2.26. The number of nitrogens with zero attached hydrogens (tertiary/aromatic N) is 1. The molecule has 0 amide bonds. The average Bonchev–Trinajstić information content (AvgIpc) is 2.44. The van der Waals surface area contributed by atoms with Gasteiger partial charge in [-0.2, -0.15) is 0 Å². The highest BCUT2D eigenvalue weighted by Gasteiger charge is 2.21. The summed E-state index contributed by atoms with van der Waals surface area (Å²) in [5, 5.41) is 18.6. The SMILES string of the molecule is CC(C)c1cc2ccc(O)cc2c(OC2CCC2)n1.CO. The largest absolute Gasteiger partial charge is 0.508 e. The Morgan fingerprint density at radius 1 is 1.19 bits per heavy atom. The van der Waals surface area contributed by atoms with E-state index in [1.807, 2.05) is 6.07 Å². The number of rotatable bonds is 3. The predicted octanol–water partition coefficient (Wildman–Crippen LogP) is 3.60. The number of hydrogen-bond acceptors (Lipinski definition) is 4. The minimum atomic E-state index is 0.255. The van der Waals surface area contributed by atoms with Crippen LogP contribution in [0.25, 0.3) is 10.8 Å². The van der Waals surface area contributed by atoms with Gasteiger partial charge in [0.15, 0.2) is 0 Å². The molecule has 1 aliphatic carbocycles. The van der Waals surface area contributed by atoms with Crippen molar-refractivity contribution in [3.63, 3.8) is 0 Å². The first-order chi connectivity index (χ1) is 10.1. The van der Waals surface area contributed by atoms with Crippen LogP contribution in [-0.2, 0) is 0 Å². The van der Waals surface area contributed by atoms with Gasteiger partial charge in [-0.05, 0) is 48.8 Å². The van der Waals surface area contributed by atoms with E-state index in [-0.39, 0.29) is 5.75 Å². The van der Waals surface area contributed by atoms with Crippen LogP contribution in [-0.4, -0.2) is 28.4 Å². The van der Waals surface area contributed by atoms with Crippen molar-refractivity contribution in [2.24, 2.45) is 0 Å². The fraction of sp³-hybridized carbons (Fsp3) is 0.471. The Labute approximate surface area is 125 Å². The van der Waals surface area contributed by atoms with Gasteiger partial charge in [-0.1, -0.05) is 19.9 Å². The molecule has 114 valence electrons. The molecular formula is C17H23NO3. The quantitative estimate of drug-likeness (QED) is 0.906. The third kappa shape index (κ3) is 3.45. The summed E-state index contributed by atoms with van der Waals surface area (Å²) in [6.07, 6.45) is 3.74. The molecule has 3 rings (SSSR count). The fourth-order valence-electron chi connectivity index (χ4n) is 2.26. The molecule has 1 aromatic carbocycles. The summed E-state index contributed by atoms with van der Waals surface area (Å²) in [7, 11) is 1.00. The molecule has 1 fully saturated rings. The number of pyridine rings is 1. The van der Waals surface area contributed by atoms with Gasteiger partial charge in [-0.25, -0.2) is 4.98 Å². The van der Waals surface area contributed by atoms with Crippen molar-refractivity contribution in [1.29, 1.82) is 0 Å². The Hall–Kier alpha value is -1.81. The normalized spacial score (nSPS) is 14.5. The number of aromatic nitrogens is 1. The van der Waals surface area contributed by atoms with Crippen molar-refractivity contribution in [3.8, 4) is 11.6 Å². The molecule has 0 spiro atoms. The minimum absolute atomic E-state index is 0.255. The Bertz CT molecular complexity index is 606. The van der Waals surface area contributed by atoms with Gasteiger partial charge in [0.2, 0.25) is 5.88 Å². The molecule has 1 saturated carbocycles. The van der Waals surface area contributed by atoms with Crippen LogP contribution in [0.5, 0.6) is 11.6 Å².